The smallest absolute Gasteiger partial charge is 0.325 e. The van der Waals surface area contributed by atoms with Crippen molar-refractivity contribution < 1.29 is 22.4 Å². The zero-order valence-corrected chi connectivity index (χ0v) is 11.5. The van der Waals surface area contributed by atoms with Gasteiger partial charge in [-0.05, 0) is 37.0 Å². The summed E-state index contributed by atoms with van der Waals surface area (Å²) in [6, 6.07) is 1.98. The highest BCUT2D eigenvalue weighted by molar-refractivity contribution is 5.89. The fraction of sp³-hybridized carbons (Fsp3) is 0.500. The Labute approximate surface area is 119 Å². The standard InChI is InChI=1S/C14H16F4N2O/c1-9-4-6-20(7-5-9)13(21)19-10-2-3-12(15)11(8-10)14(16,17)18/h2-3,8-9H,4-7H2,1H3,(H,19,21). The Kier molecular flexibility index (Phi) is 4.39. The number of amides is 2. The van der Waals surface area contributed by atoms with E-state index in [4.69, 9.17) is 0 Å². The van der Waals surface area contributed by atoms with Crippen LogP contribution in [0.15, 0.2) is 18.2 Å². The molecule has 1 fully saturated rings. The van der Waals surface area contributed by atoms with Gasteiger partial charge in [0.1, 0.15) is 5.82 Å². The number of likely N-dealkylation sites (tertiary alicyclic amines) is 1. The Morgan fingerprint density at radius 2 is 1.90 bits per heavy atom. The van der Waals surface area contributed by atoms with E-state index in [1.165, 1.54) is 0 Å². The first-order valence-electron chi connectivity index (χ1n) is 6.70. The van der Waals surface area contributed by atoms with Gasteiger partial charge in [-0.2, -0.15) is 13.2 Å². The van der Waals surface area contributed by atoms with Crippen LogP contribution in [0.25, 0.3) is 0 Å². The van der Waals surface area contributed by atoms with Crippen LogP contribution in [0.5, 0.6) is 0 Å². The number of anilines is 1. The molecule has 2 amide bonds. The zero-order chi connectivity index (χ0) is 15.6. The molecule has 0 aliphatic carbocycles. The van der Waals surface area contributed by atoms with Gasteiger partial charge in [0.05, 0.1) is 5.56 Å². The van der Waals surface area contributed by atoms with Crippen molar-refractivity contribution in [2.75, 3.05) is 18.4 Å². The van der Waals surface area contributed by atoms with Crippen LogP contribution in [-0.4, -0.2) is 24.0 Å². The number of carbonyl (C=O) groups excluding carboxylic acids is 1. The maximum atomic E-state index is 13.2. The maximum absolute atomic E-state index is 13.2. The van der Waals surface area contributed by atoms with Gasteiger partial charge >= 0.3 is 12.2 Å². The summed E-state index contributed by atoms with van der Waals surface area (Å²) in [5, 5.41) is 2.39. The molecule has 0 bridgehead atoms. The van der Waals surface area contributed by atoms with Crippen molar-refractivity contribution in [3.05, 3.63) is 29.6 Å². The lowest BCUT2D eigenvalue weighted by Gasteiger charge is -2.30. The predicted octanol–water partition coefficient (Wildman–Crippen LogP) is 4.11. The van der Waals surface area contributed by atoms with Crippen molar-refractivity contribution in [2.24, 2.45) is 5.92 Å². The molecule has 1 aliphatic heterocycles. The average Bonchev–Trinajstić information content (AvgIpc) is 2.40. The minimum Gasteiger partial charge on any atom is -0.325 e. The number of halogens is 4. The van der Waals surface area contributed by atoms with Crippen molar-refractivity contribution >= 4 is 11.7 Å². The van der Waals surface area contributed by atoms with Gasteiger partial charge < -0.3 is 10.2 Å². The van der Waals surface area contributed by atoms with Crippen LogP contribution in [0.4, 0.5) is 28.0 Å². The van der Waals surface area contributed by atoms with E-state index in [0.717, 1.165) is 18.9 Å². The lowest BCUT2D eigenvalue weighted by atomic mass is 10.00. The van der Waals surface area contributed by atoms with Crippen molar-refractivity contribution in [1.29, 1.82) is 0 Å². The highest BCUT2D eigenvalue weighted by Crippen LogP contribution is 2.33. The molecule has 0 aromatic heterocycles. The summed E-state index contributed by atoms with van der Waals surface area (Å²) in [7, 11) is 0. The monoisotopic (exact) mass is 304 g/mol. The molecule has 3 nitrogen and oxygen atoms in total. The third-order valence-corrected chi connectivity index (χ3v) is 3.59. The van der Waals surface area contributed by atoms with Gasteiger partial charge in [0.25, 0.3) is 0 Å². The van der Waals surface area contributed by atoms with Crippen LogP contribution in [0.3, 0.4) is 0 Å². The van der Waals surface area contributed by atoms with E-state index in [1.54, 1.807) is 4.90 Å². The van der Waals surface area contributed by atoms with E-state index in [9.17, 15) is 22.4 Å². The highest BCUT2D eigenvalue weighted by atomic mass is 19.4. The molecule has 1 saturated heterocycles. The fourth-order valence-electron chi connectivity index (χ4n) is 2.23. The summed E-state index contributed by atoms with van der Waals surface area (Å²) < 4.78 is 51.0. The molecule has 0 saturated carbocycles. The summed E-state index contributed by atoms with van der Waals surface area (Å²) >= 11 is 0. The number of hydrogen-bond donors (Lipinski definition) is 1. The van der Waals surface area contributed by atoms with Gasteiger partial charge in [0, 0.05) is 18.8 Å². The number of urea groups is 1. The minimum absolute atomic E-state index is 0.0626. The second-order valence-corrected chi connectivity index (χ2v) is 5.29. The molecule has 0 atom stereocenters. The van der Waals surface area contributed by atoms with Crippen LogP contribution in [-0.2, 0) is 6.18 Å². The van der Waals surface area contributed by atoms with Crippen LogP contribution in [0.1, 0.15) is 25.3 Å². The number of hydrogen-bond acceptors (Lipinski definition) is 1. The van der Waals surface area contributed by atoms with Crippen molar-refractivity contribution in [3.63, 3.8) is 0 Å². The molecule has 1 heterocycles. The summed E-state index contributed by atoms with van der Waals surface area (Å²) in [5.74, 6) is -0.816. The second-order valence-electron chi connectivity index (χ2n) is 5.29. The molecular formula is C14H16F4N2O. The van der Waals surface area contributed by atoms with Gasteiger partial charge in [0.2, 0.25) is 0 Å². The first kappa shape index (κ1) is 15.6. The van der Waals surface area contributed by atoms with E-state index < -0.39 is 23.6 Å². The Hall–Kier alpha value is -1.79. The third-order valence-electron chi connectivity index (χ3n) is 3.59. The van der Waals surface area contributed by atoms with E-state index in [2.05, 4.69) is 12.2 Å². The Morgan fingerprint density at radius 3 is 2.48 bits per heavy atom. The molecule has 1 aromatic rings. The SMILES string of the molecule is CC1CCN(C(=O)Nc2ccc(F)c(C(F)(F)F)c2)CC1. The molecule has 0 radical (unpaired) electrons. The Bertz CT molecular complexity index is 522. The first-order chi connectivity index (χ1) is 9.77. The highest BCUT2D eigenvalue weighted by Gasteiger charge is 2.34. The number of benzene rings is 1. The minimum atomic E-state index is -4.79. The van der Waals surface area contributed by atoms with E-state index in [0.29, 0.717) is 31.1 Å². The van der Waals surface area contributed by atoms with E-state index >= 15 is 0 Å². The van der Waals surface area contributed by atoms with Gasteiger partial charge in [-0.25, -0.2) is 9.18 Å². The molecule has 116 valence electrons. The molecule has 7 heteroatoms. The number of carbonyl (C=O) groups is 1. The average molecular weight is 304 g/mol. The Balaban J connectivity index is 2.08. The molecule has 2 rings (SSSR count). The normalized spacial score (nSPS) is 16.9. The molecular weight excluding hydrogens is 288 g/mol. The fourth-order valence-corrected chi connectivity index (χ4v) is 2.23. The van der Waals surface area contributed by atoms with E-state index in [-0.39, 0.29) is 5.69 Å². The van der Waals surface area contributed by atoms with Crippen LogP contribution in [0, 0.1) is 11.7 Å². The second kappa shape index (κ2) is 5.91. The van der Waals surface area contributed by atoms with Gasteiger partial charge in [-0.3, -0.25) is 0 Å². The predicted molar refractivity (Wildman–Crippen MR) is 70.4 cm³/mol. The number of alkyl halides is 3. The lowest BCUT2D eigenvalue weighted by molar-refractivity contribution is -0.139. The van der Waals surface area contributed by atoms with E-state index in [1.807, 2.05) is 0 Å². The number of nitrogens with zero attached hydrogens (tertiary/aromatic N) is 1. The lowest BCUT2D eigenvalue weighted by Crippen LogP contribution is -2.40. The van der Waals surface area contributed by atoms with Crippen LogP contribution in [0.2, 0.25) is 0 Å². The summed E-state index contributed by atoms with van der Waals surface area (Å²) in [4.78, 5) is 13.5. The van der Waals surface area contributed by atoms with Gasteiger partial charge in [0.15, 0.2) is 0 Å². The van der Waals surface area contributed by atoms with Crippen LogP contribution >= 0.6 is 0 Å². The summed E-state index contributed by atoms with van der Waals surface area (Å²) in [6.45, 7) is 3.23. The number of rotatable bonds is 1. The summed E-state index contributed by atoms with van der Waals surface area (Å²) in [6.07, 6.45) is -3.05. The van der Waals surface area contributed by atoms with Crippen molar-refractivity contribution in [3.8, 4) is 0 Å². The van der Waals surface area contributed by atoms with Crippen molar-refractivity contribution in [1.82, 2.24) is 4.90 Å². The number of piperidine rings is 1. The van der Waals surface area contributed by atoms with Gasteiger partial charge in [-0.15, -0.1) is 0 Å². The van der Waals surface area contributed by atoms with Gasteiger partial charge in [-0.1, -0.05) is 6.92 Å². The number of nitrogens with one attached hydrogen (secondary N) is 1. The molecule has 0 spiro atoms. The van der Waals surface area contributed by atoms with Crippen molar-refractivity contribution in [2.45, 2.75) is 25.9 Å². The molecule has 1 N–H and O–H groups in total. The topological polar surface area (TPSA) is 32.3 Å². The largest absolute Gasteiger partial charge is 0.419 e. The molecule has 21 heavy (non-hydrogen) atoms. The first-order valence-corrected chi connectivity index (χ1v) is 6.70. The zero-order valence-electron chi connectivity index (χ0n) is 11.5. The quantitative estimate of drug-likeness (QED) is 0.778. The molecule has 0 unspecified atom stereocenters. The molecule has 1 aromatic carbocycles. The Morgan fingerprint density at radius 1 is 1.29 bits per heavy atom. The summed E-state index contributed by atoms with van der Waals surface area (Å²) in [5.41, 5.74) is -1.44. The third kappa shape index (κ3) is 3.86. The maximum Gasteiger partial charge on any atom is 0.419 e. The van der Waals surface area contributed by atoms with Crippen LogP contribution < -0.4 is 5.32 Å². The molecule has 1 aliphatic rings.